The highest BCUT2D eigenvalue weighted by Crippen LogP contribution is 2.40. The molecule has 0 amide bonds. The summed E-state index contributed by atoms with van der Waals surface area (Å²) in [6.07, 6.45) is 0.974. The highest BCUT2D eigenvalue weighted by molar-refractivity contribution is 7.95. The Hall–Kier alpha value is -2.21. The maximum atomic E-state index is 13.2. The van der Waals surface area contributed by atoms with Crippen LogP contribution in [-0.2, 0) is 9.84 Å². The Morgan fingerprint density at radius 3 is 2.48 bits per heavy atom. The van der Waals surface area contributed by atoms with Gasteiger partial charge >= 0.3 is 0 Å². The Bertz CT molecular complexity index is 817. The van der Waals surface area contributed by atoms with Crippen LogP contribution in [0.3, 0.4) is 0 Å². The van der Waals surface area contributed by atoms with Crippen molar-refractivity contribution in [3.05, 3.63) is 66.0 Å². The number of nitrogens with zero attached hydrogens (tertiary/aromatic N) is 1. The van der Waals surface area contributed by atoms with E-state index in [9.17, 15) is 12.8 Å². The Morgan fingerprint density at radius 2 is 1.87 bits per heavy atom. The van der Waals surface area contributed by atoms with Crippen LogP contribution in [0, 0.1) is 11.9 Å². The summed E-state index contributed by atoms with van der Waals surface area (Å²) in [5, 5.41) is 0. The molecule has 23 heavy (non-hydrogen) atoms. The van der Waals surface area contributed by atoms with Gasteiger partial charge in [-0.1, -0.05) is 30.8 Å². The molecule has 3 rings (SSSR count). The number of aromatic nitrogens is 1. The van der Waals surface area contributed by atoms with Gasteiger partial charge in [0, 0.05) is 12.0 Å². The fourth-order valence-electron chi connectivity index (χ4n) is 2.31. The first-order chi connectivity index (χ1) is 11.0. The molecule has 4 nitrogen and oxygen atoms in total. The van der Waals surface area contributed by atoms with Crippen molar-refractivity contribution in [2.24, 2.45) is 5.92 Å². The zero-order valence-corrected chi connectivity index (χ0v) is 13.2. The first-order valence-electron chi connectivity index (χ1n) is 7.26. The summed E-state index contributed by atoms with van der Waals surface area (Å²) >= 11 is 0. The second-order valence-electron chi connectivity index (χ2n) is 5.46. The number of hydrogen-bond donors (Lipinski definition) is 0. The smallest absolute Gasteiger partial charge is 0.216 e. The molecule has 1 aliphatic carbocycles. The summed E-state index contributed by atoms with van der Waals surface area (Å²) in [7, 11) is -3.71. The summed E-state index contributed by atoms with van der Waals surface area (Å²) in [6, 6.07) is 12.3. The maximum absolute atomic E-state index is 13.2. The van der Waals surface area contributed by atoms with Gasteiger partial charge in [0.2, 0.25) is 21.7 Å². The van der Waals surface area contributed by atoms with E-state index in [1.54, 1.807) is 18.2 Å². The number of halogens is 1. The molecule has 0 bridgehead atoms. The molecule has 120 valence electrons. The van der Waals surface area contributed by atoms with E-state index in [2.05, 4.69) is 11.6 Å². The lowest BCUT2D eigenvalue weighted by atomic mass is 10.2. The van der Waals surface area contributed by atoms with Crippen LogP contribution in [0.15, 0.2) is 64.9 Å². The van der Waals surface area contributed by atoms with Crippen molar-refractivity contribution in [3.63, 3.8) is 0 Å². The van der Waals surface area contributed by atoms with Crippen LogP contribution in [-0.4, -0.2) is 19.5 Å². The molecule has 1 heterocycles. The van der Waals surface area contributed by atoms with Gasteiger partial charge in [-0.2, -0.15) is 9.37 Å². The summed E-state index contributed by atoms with van der Waals surface area (Å²) in [6.45, 7) is 3.75. The second-order valence-corrected chi connectivity index (χ2v) is 7.46. The van der Waals surface area contributed by atoms with E-state index in [1.807, 2.05) is 0 Å². The van der Waals surface area contributed by atoms with E-state index in [0.717, 1.165) is 12.8 Å². The third kappa shape index (κ3) is 3.42. The molecule has 1 aliphatic rings. The predicted molar refractivity (Wildman–Crippen MR) is 84.1 cm³/mol. The largest absolute Gasteiger partial charge is 0.468 e. The average Bonchev–Trinajstić information content (AvgIpc) is 3.37. The van der Waals surface area contributed by atoms with Crippen molar-refractivity contribution in [2.75, 3.05) is 0 Å². The minimum atomic E-state index is -3.71. The van der Waals surface area contributed by atoms with Crippen molar-refractivity contribution in [1.82, 2.24) is 4.98 Å². The van der Waals surface area contributed by atoms with Crippen LogP contribution < -0.4 is 4.74 Å². The van der Waals surface area contributed by atoms with E-state index in [1.165, 1.54) is 30.3 Å². The van der Waals surface area contributed by atoms with Gasteiger partial charge in [0.15, 0.2) is 0 Å². The fraction of sp³-hybridized carbons (Fsp3) is 0.235. The van der Waals surface area contributed by atoms with Gasteiger partial charge in [0.25, 0.3) is 0 Å². The fourth-order valence-corrected chi connectivity index (χ4v) is 3.68. The molecule has 0 aliphatic heterocycles. The van der Waals surface area contributed by atoms with Crippen molar-refractivity contribution in [3.8, 4) is 5.88 Å². The van der Waals surface area contributed by atoms with Gasteiger partial charge in [-0.3, -0.25) is 0 Å². The molecule has 0 radical (unpaired) electrons. The lowest BCUT2D eigenvalue weighted by molar-refractivity contribution is 0.210. The van der Waals surface area contributed by atoms with Gasteiger partial charge in [-0.25, -0.2) is 8.42 Å². The Kier molecular flexibility index (Phi) is 4.17. The molecule has 0 spiro atoms. The standard InChI is InChI=1S/C17H16FNO3S/c1-12(23(20,21)14-6-3-2-4-7-14)17(13-10-11-13)22-16-9-5-8-15(18)19-16/h2-9,13,17H,1,10-11H2. The van der Waals surface area contributed by atoms with E-state index < -0.39 is 21.9 Å². The Labute approximate surface area is 134 Å². The highest BCUT2D eigenvalue weighted by Gasteiger charge is 2.40. The average molecular weight is 333 g/mol. The molecule has 2 aromatic rings. The minimum Gasteiger partial charge on any atom is -0.468 e. The van der Waals surface area contributed by atoms with Crippen LogP contribution in [0.1, 0.15) is 12.8 Å². The lowest BCUT2D eigenvalue weighted by Gasteiger charge is -2.20. The van der Waals surface area contributed by atoms with Gasteiger partial charge < -0.3 is 4.74 Å². The predicted octanol–water partition coefficient (Wildman–Crippen LogP) is 3.37. The number of rotatable bonds is 6. The van der Waals surface area contributed by atoms with Crippen LogP contribution in [0.4, 0.5) is 4.39 Å². The lowest BCUT2D eigenvalue weighted by Crippen LogP contribution is -2.26. The number of benzene rings is 1. The minimum absolute atomic E-state index is 0.0164. The zero-order valence-electron chi connectivity index (χ0n) is 12.4. The number of pyridine rings is 1. The SMILES string of the molecule is C=C(C(Oc1cccc(F)n1)C1CC1)S(=O)(=O)c1ccccc1. The van der Waals surface area contributed by atoms with Crippen LogP contribution in [0.2, 0.25) is 0 Å². The first kappa shape index (κ1) is 15.7. The van der Waals surface area contributed by atoms with Crippen molar-refractivity contribution >= 4 is 9.84 Å². The van der Waals surface area contributed by atoms with Crippen molar-refractivity contribution < 1.29 is 17.5 Å². The van der Waals surface area contributed by atoms with E-state index >= 15 is 0 Å². The summed E-state index contributed by atoms with van der Waals surface area (Å²) in [5.41, 5.74) is 0. The molecular formula is C17H16FNO3S. The Morgan fingerprint density at radius 1 is 1.17 bits per heavy atom. The van der Waals surface area contributed by atoms with E-state index in [4.69, 9.17) is 4.74 Å². The quantitative estimate of drug-likeness (QED) is 0.761. The van der Waals surface area contributed by atoms with Gasteiger partial charge in [0.1, 0.15) is 6.10 Å². The van der Waals surface area contributed by atoms with Crippen LogP contribution in [0.25, 0.3) is 0 Å². The second kappa shape index (κ2) is 6.12. The first-order valence-corrected chi connectivity index (χ1v) is 8.75. The number of ether oxygens (including phenoxy) is 1. The topological polar surface area (TPSA) is 56.3 Å². The van der Waals surface area contributed by atoms with Gasteiger partial charge in [-0.05, 0) is 31.0 Å². The summed E-state index contributed by atoms with van der Waals surface area (Å²) in [5.74, 6) is -0.550. The summed E-state index contributed by atoms with van der Waals surface area (Å²) in [4.78, 5) is 3.79. The molecule has 1 aromatic carbocycles. The molecule has 1 unspecified atom stereocenters. The van der Waals surface area contributed by atoms with Crippen molar-refractivity contribution in [2.45, 2.75) is 23.8 Å². The van der Waals surface area contributed by atoms with Gasteiger partial charge in [-0.15, -0.1) is 0 Å². The van der Waals surface area contributed by atoms with Crippen LogP contribution >= 0.6 is 0 Å². The Balaban J connectivity index is 1.88. The molecule has 1 aromatic heterocycles. The number of hydrogen-bond acceptors (Lipinski definition) is 4. The molecule has 0 N–H and O–H groups in total. The molecular weight excluding hydrogens is 317 g/mol. The van der Waals surface area contributed by atoms with E-state index in [-0.39, 0.29) is 21.6 Å². The number of sulfone groups is 1. The molecule has 1 fully saturated rings. The normalized spacial score (nSPS) is 15.9. The zero-order chi connectivity index (χ0) is 16.4. The summed E-state index contributed by atoms with van der Waals surface area (Å²) < 4.78 is 44.2. The monoisotopic (exact) mass is 333 g/mol. The molecule has 1 saturated carbocycles. The maximum Gasteiger partial charge on any atom is 0.216 e. The molecule has 6 heteroatoms. The molecule has 1 atom stereocenters. The third-order valence-electron chi connectivity index (χ3n) is 3.70. The van der Waals surface area contributed by atoms with E-state index in [0.29, 0.717) is 0 Å². The molecule has 0 saturated heterocycles. The highest BCUT2D eigenvalue weighted by atomic mass is 32.2. The van der Waals surface area contributed by atoms with Gasteiger partial charge in [0.05, 0.1) is 9.80 Å². The van der Waals surface area contributed by atoms with Crippen molar-refractivity contribution in [1.29, 1.82) is 0 Å². The van der Waals surface area contributed by atoms with Crippen LogP contribution in [0.5, 0.6) is 5.88 Å². The third-order valence-corrected chi connectivity index (χ3v) is 5.52.